The third-order valence-electron chi connectivity index (χ3n) is 3.74. The Bertz CT molecular complexity index is 420. The number of hydrogen-bond donors (Lipinski definition) is 1. The first-order chi connectivity index (χ1) is 9.61. The monoisotopic (exact) mass is 277 g/mol. The zero-order chi connectivity index (χ0) is 14.5. The van der Waals surface area contributed by atoms with Crippen LogP contribution in [0.3, 0.4) is 0 Å². The van der Waals surface area contributed by atoms with E-state index in [4.69, 9.17) is 4.74 Å². The summed E-state index contributed by atoms with van der Waals surface area (Å²) in [6.07, 6.45) is 3.68. The van der Waals surface area contributed by atoms with Crippen molar-refractivity contribution in [1.29, 1.82) is 0 Å². The third kappa shape index (κ3) is 4.25. The van der Waals surface area contributed by atoms with E-state index in [-0.39, 0.29) is 0 Å². The molecule has 0 spiro atoms. The molecule has 4 heteroatoms. The van der Waals surface area contributed by atoms with Crippen molar-refractivity contribution in [2.45, 2.75) is 65.5 Å². The molecule has 0 saturated heterocycles. The Morgan fingerprint density at radius 2 is 1.90 bits per heavy atom. The smallest absolute Gasteiger partial charge is 0.154 e. The largest absolute Gasteiger partial charge is 0.373 e. The van der Waals surface area contributed by atoms with Gasteiger partial charge in [-0.3, -0.25) is 0 Å². The third-order valence-corrected chi connectivity index (χ3v) is 3.74. The topological polar surface area (TPSA) is 47.0 Å². The second-order valence-electron chi connectivity index (χ2n) is 5.86. The summed E-state index contributed by atoms with van der Waals surface area (Å²) in [5, 5.41) is 3.59. The molecular formula is C16H27N3O. The zero-order valence-electron chi connectivity index (χ0n) is 13.2. The van der Waals surface area contributed by atoms with Gasteiger partial charge in [0.15, 0.2) is 5.82 Å². The maximum absolute atomic E-state index is 5.53. The molecule has 1 aromatic heterocycles. The number of ether oxygens (including phenoxy) is 1. The SMILES string of the molecule is CCCOCc1nc(C)c(C(C)CNC2CC2)c(C)n1. The lowest BCUT2D eigenvalue weighted by atomic mass is 9.98. The number of hydrogen-bond acceptors (Lipinski definition) is 4. The van der Waals surface area contributed by atoms with E-state index in [1.807, 2.05) is 0 Å². The van der Waals surface area contributed by atoms with Gasteiger partial charge in [0.25, 0.3) is 0 Å². The van der Waals surface area contributed by atoms with Crippen molar-refractivity contribution in [3.63, 3.8) is 0 Å². The van der Waals surface area contributed by atoms with Crippen molar-refractivity contribution in [1.82, 2.24) is 15.3 Å². The van der Waals surface area contributed by atoms with Crippen molar-refractivity contribution >= 4 is 0 Å². The van der Waals surface area contributed by atoms with Gasteiger partial charge in [0.05, 0.1) is 0 Å². The van der Waals surface area contributed by atoms with Crippen molar-refractivity contribution in [3.05, 3.63) is 22.8 Å². The second kappa shape index (κ2) is 7.14. The average Bonchev–Trinajstić information content (AvgIpc) is 3.20. The van der Waals surface area contributed by atoms with E-state index in [9.17, 15) is 0 Å². The van der Waals surface area contributed by atoms with Gasteiger partial charge in [-0.2, -0.15) is 0 Å². The van der Waals surface area contributed by atoms with Crippen LogP contribution in [0.25, 0.3) is 0 Å². The molecule has 0 aliphatic heterocycles. The molecule has 1 atom stereocenters. The first-order valence-electron chi connectivity index (χ1n) is 7.77. The van der Waals surface area contributed by atoms with Gasteiger partial charge in [0, 0.05) is 30.6 Å². The number of aromatic nitrogens is 2. The minimum absolute atomic E-state index is 0.459. The first-order valence-corrected chi connectivity index (χ1v) is 7.77. The average molecular weight is 277 g/mol. The van der Waals surface area contributed by atoms with Crippen LogP contribution in [0, 0.1) is 13.8 Å². The van der Waals surface area contributed by atoms with E-state index in [2.05, 4.69) is 43.0 Å². The summed E-state index contributed by atoms with van der Waals surface area (Å²) in [4.78, 5) is 9.21. The van der Waals surface area contributed by atoms with Gasteiger partial charge < -0.3 is 10.1 Å². The normalized spacial score (nSPS) is 16.4. The molecule has 0 amide bonds. The standard InChI is InChI=1S/C16H27N3O/c1-5-8-20-10-15-18-12(3)16(13(4)19-15)11(2)9-17-14-6-7-14/h11,14,17H,5-10H2,1-4H3. The van der Waals surface area contributed by atoms with Crippen molar-refractivity contribution in [2.24, 2.45) is 0 Å². The van der Waals surface area contributed by atoms with Crippen LogP contribution in [-0.2, 0) is 11.3 Å². The highest BCUT2D eigenvalue weighted by molar-refractivity contribution is 5.28. The molecule has 1 unspecified atom stereocenters. The molecule has 1 heterocycles. The van der Waals surface area contributed by atoms with Crippen LogP contribution < -0.4 is 5.32 Å². The number of aryl methyl sites for hydroxylation is 2. The van der Waals surface area contributed by atoms with Gasteiger partial charge in [-0.1, -0.05) is 13.8 Å². The second-order valence-corrected chi connectivity index (χ2v) is 5.86. The molecule has 2 rings (SSSR count). The van der Waals surface area contributed by atoms with E-state index in [0.29, 0.717) is 12.5 Å². The van der Waals surface area contributed by atoms with Crippen LogP contribution >= 0.6 is 0 Å². The summed E-state index contributed by atoms with van der Waals surface area (Å²) >= 11 is 0. The lowest BCUT2D eigenvalue weighted by Gasteiger charge is -2.18. The highest BCUT2D eigenvalue weighted by Gasteiger charge is 2.22. The quantitative estimate of drug-likeness (QED) is 0.742. The van der Waals surface area contributed by atoms with E-state index < -0.39 is 0 Å². The fourth-order valence-electron chi connectivity index (χ4n) is 2.61. The minimum atomic E-state index is 0.459. The number of nitrogens with one attached hydrogen (secondary N) is 1. The first kappa shape index (κ1) is 15.4. The highest BCUT2D eigenvalue weighted by atomic mass is 16.5. The molecule has 1 aromatic rings. The Morgan fingerprint density at radius 1 is 1.25 bits per heavy atom. The molecule has 1 aliphatic carbocycles. The molecule has 0 aromatic carbocycles. The summed E-state index contributed by atoms with van der Waals surface area (Å²) in [6.45, 7) is 10.8. The van der Waals surface area contributed by atoms with Crippen molar-refractivity contribution in [2.75, 3.05) is 13.2 Å². The minimum Gasteiger partial charge on any atom is -0.373 e. The maximum Gasteiger partial charge on any atom is 0.154 e. The molecule has 112 valence electrons. The van der Waals surface area contributed by atoms with Crippen LogP contribution in [0.2, 0.25) is 0 Å². The summed E-state index contributed by atoms with van der Waals surface area (Å²) in [6, 6.07) is 0.751. The molecule has 1 saturated carbocycles. The molecule has 1 aliphatic rings. The Kier molecular flexibility index (Phi) is 5.49. The zero-order valence-corrected chi connectivity index (χ0v) is 13.2. The Hall–Kier alpha value is -1.00. The lowest BCUT2D eigenvalue weighted by Crippen LogP contribution is -2.23. The van der Waals surface area contributed by atoms with Gasteiger partial charge in [-0.25, -0.2) is 9.97 Å². The predicted molar refractivity (Wildman–Crippen MR) is 80.9 cm³/mol. The molecule has 0 radical (unpaired) electrons. The summed E-state index contributed by atoms with van der Waals surface area (Å²) in [5.41, 5.74) is 3.48. The molecule has 1 fully saturated rings. The highest BCUT2D eigenvalue weighted by Crippen LogP contribution is 2.24. The lowest BCUT2D eigenvalue weighted by molar-refractivity contribution is 0.115. The van der Waals surface area contributed by atoms with E-state index in [1.165, 1.54) is 18.4 Å². The van der Waals surface area contributed by atoms with E-state index >= 15 is 0 Å². The summed E-state index contributed by atoms with van der Waals surface area (Å²) < 4.78 is 5.53. The molecule has 0 bridgehead atoms. The molecule has 4 nitrogen and oxygen atoms in total. The van der Waals surface area contributed by atoms with Gasteiger partial charge >= 0.3 is 0 Å². The number of rotatable bonds is 8. The fourth-order valence-corrected chi connectivity index (χ4v) is 2.61. The molecular weight excluding hydrogens is 250 g/mol. The van der Waals surface area contributed by atoms with Crippen LogP contribution in [0.5, 0.6) is 0 Å². The summed E-state index contributed by atoms with van der Waals surface area (Å²) in [7, 11) is 0. The van der Waals surface area contributed by atoms with Crippen molar-refractivity contribution in [3.8, 4) is 0 Å². The Balaban J connectivity index is 2.00. The van der Waals surface area contributed by atoms with Crippen LogP contribution in [0.4, 0.5) is 0 Å². The Morgan fingerprint density at radius 3 is 2.45 bits per heavy atom. The summed E-state index contributed by atoms with van der Waals surface area (Å²) in [5.74, 6) is 1.26. The van der Waals surface area contributed by atoms with Gasteiger partial charge in [-0.05, 0) is 44.6 Å². The van der Waals surface area contributed by atoms with Gasteiger partial charge in [0.1, 0.15) is 6.61 Å². The molecule has 20 heavy (non-hydrogen) atoms. The van der Waals surface area contributed by atoms with Gasteiger partial charge in [-0.15, -0.1) is 0 Å². The van der Waals surface area contributed by atoms with Crippen LogP contribution in [0.15, 0.2) is 0 Å². The van der Waals surface area contributed by atoms with Gasteiger partial charge in [0.2, 0.25) is 0 Å². The fraction of sp³-hybridized carbons (Fsp3) is 0.750. The molecule has 1 N–H and O–H groups in total. The van der Waals surface area contributed by atoms with Crippen LogP contribution in [0.1, 0.15) is 61.8 Å². The van der Waals surface area contributed by atoms with Crippen LogP contribution in [-0.4, -0.2) is 29.2 Å². The maximum atomic E-state index is 5.53. The predicted octanol–water partition coefficient (Wildman–Crippen LogP) is 2.88. The van der Waals surface area contributed by atoms with E-state index in [0.717, 1.165) is 42.8 Å². The number of nitrogens with zero attached hydrogens (tertiary/aromatic N) is 2. The van der Waals surface area contributed by atoms with Crippen molar-refractivity contribution < 1.29 is 4.74 Å². The van der Waals surface area contributed by atoms with E-state index in [1.54, 1.807) is 0 Å². The Labute approximate surface area is 122 Å².